The van der Waals surface area contributed by atoms with Gasteiger partial charge < -0.3 is 9.64 Å². The molecule has 0 fully saturated rings. The molecule has 2 aromatic carbocycles. The van der Waals surface area contributed by atoms with E-state index < -0.39 is 17.9 Å². The molecule has 3 rings (SSSR count). The van der Waals surface area contributed by atoms with E-state index in [1.165, 1.54) is 23.1 Å². The van der Waals surface area contributed by atoms with Crippen LogP contribution in [0.2, 0.25) is 0 Å². The highest BCUT2D eigenvalue weighted by Gasteiger charge is 2.19. The van der Waals surface area contributed by atoms with Crippen LogP contribution >= 0.6 is 0 Å². The normalized spacial score (nSPS) is 10.8. The lowest BCUT2D eigenvalue weighted by atomic mass is 10.2. The maximum Gasteiger partial charge on any atom is 0.387 e. The monoisotopic (exact) mass is 399 g/mol. The summed E-state index contributed by atoms with van der Waals surface area (Å²) in [6.07, 6.45) is 0. The van der Waals surface area contributed by atoms with Crippen molar-refractivity contribution in [3.05, 3.63) is 87.8 Å². The smallest absolute Gasteiger partial charge is 0.387 e. The Balaban J connectivity index is 1.81. The molecule has 8 heteroatoms. The predicted octanol–water partition coefficient (Wildman–Crippen LogP) is 3.41. The lowest BCUT2D eigenvalue weighted by molar-refractivity contribution is -0.0498. The van der Waals surface area contributed by atoms with Crippen LogP contribution in [0.4, 0.5) is 8.78 Å². The van der Waals surface area contributed by atoms with E-state index in [1.54, 1.807) is 30.8 Å². The first-order valence-corrected chi connectivity index (χ1v) is 8.81. The number of para-hydroxylation sites is 1. The van der Waals surface area contributed by atoms with Crippen LogP contribution in [-0.2, 0) is 6.54 Å². The highest BCUT2D eigenvalue weighted by Crippen LogP contribution is 2.16. The number of rotatable bonds is 6. The first-order chi connectivity index (χ1) is 13.8. The number of alkyl halides is 2. The van der Waals surface area contributed by atoms with Gasteiger partial charge in [-0.2, -0.15) is 13.9 Å². The maximum absolute atomic E-state index is 12.8. The Morgan fingerprint density at radius 3 is 2.41 bits per heavy atom. The largest absolute Gasteiger partial charge is 0.435 e. The molecule has 0 spiro atoms. The Kier molecular flexibility index (Phi) is 6.01. The van der Waals surface area contributed by atoms with E-state index in [0.29, 0.717) is 11.3 Å². The number of ether oxygens (including phenoxy) is 1. The Morgan fingerprint density at radius 2 is 1.79 bits per heavy atom. The molecule has 0 N–H and O–H groups in total. The maximum atomic E-state index is 12.8. The standard InChI is InChI=1S/C21H19F2N3O3/c1-14-12-18(27)19(24-26(14)16-6-4-3-5-7-16)20(28)25(2)13-15-8-10-17(11-9-15)29-21(22)23/h3-12,21H,13H2,1-2H3. The zero-order valence-corrected chi connectivity index (χ0v) is 15.9. The molecule has 6 nitrogen and oxygen atoms in total. The molecule has 0 unspecified atom stereocenters. The van der Waals surface area contributed by atoms with Crippen LogP contribution in [0.15, 0.2) is 65.5 Å². The van der Waals surface area contributed by atoms with Crippen LogP contribution in [0.25, 0.3) is 5.69 Å². The number of aryl methyl sites for hydroxylation is 1. The van der Waals surface area contributed by atoms with Crippen molar-refractivity contribution < 1.29 is 18.3 Å². The number of nitrogens with zero attached hydrogens (tertiary/aromatic N) is 3. The van der Waals surface area contributed by atoms with Gasteiger partial charge in [0.15, 0.2) is 5.69 Å². The second-order valence-electron chi connectivity index (χ2n) is 6.43. The minimum Gasteiger partial charge on any atom is -0.435 e. The first-order valence-electron chi connectivity index (χ1n) is 8.81. The molecule has 0 atom stereocenters. The number of amides is 1. The molecular weight excluding hydrogens is 380 g/mol. The molecule has 1 heterocycles. The summed E-state index contributed by atoms with van der Waals surface area (Å²) in [4.78, 5) is 26.5. The van der Waals surface area contributed by atoms with Crippen molar-refractivity contribution in [2.24, 2.45) is 0 Å². The number of carbonyl (C=O) groups is 1. The second kappa shape index (κ2) is 8.64. The Morgan fingerprint density at radius 1 is 1.14 bits per heavy atom. The van der Waals surface area contributed by atoms with Crippen molar-refractivity contribution in [2.45, 2.75) is 20.1 Å². The van der Waals surface area contributed by atoms with Gasteiger partial charge in [0.1, 0.15) is 5.75 Å². The number of hydrogen-bond donors (Lipinski definition) is 0. The molecule has 0 aliphatic heterocycles. The zero-order chi connectivity index (χ0) is 21.0. The SMILES string of the molecule is Cc1cc(=O)c(C(=O)N(C)Cc2ccc(OC(F)F)cc2)nn1-c1ccccc1. The third-order valence-electron chi connectivity index (χ3n) is 4.23. The van der Waals surface area contributed by atoms with Crippen LogP contribution in [-0.4, -0.2) is 34.2 Å². The van der Waals surface area contributed by atoms with E-state index in [0.717, 1.165) is 5.69 Å². The topological polar surface area (TPSA) is 64.4 Å². The number of benzene rings is 2. The minimum absolute atomic E-state index is 0.0312. The van der Waals surface area contributed by atoms with Crippen molar-refractivity contribution >= 4 is 5.91 Å². The van der Waals surface area contributed by atoms with Gasteiger partial charge in [-0.25, -0.2) is 4.68 Å². The van der Waals surface area contributed by atoms with Gasteiger partial charge >= 0.3 is 6.61 Å². The molecule has 29 heavy (non-hydrogen) atoms. The summed E-state index contributed by atoms with van der Waals surface area (Å²) in [5, 5.41) is 4.26. The molecule has 3 aromatic rings. The number of halogens is 2. The van der Waals surface area contributed by atoms with Crippen molar-refractivity contribution in [3.8, 4) is 11.4 Å². The molecule has 0 bridgehead atoms. The summed E-state index contributed by atoms with van der Waals surface area (Å²) < 4.78 is 30.3. The van der Waals surface area contributed by atoms with Crippen molar-refractivity contribution in [1.29, 1.82) is 0 Å². The highest BCUT2D eigenvalue weighted by molar-refractivity contribution is 5.91. The fourth-order valence-corrected chi connectivity index (χ4v) is 2.83. The molecule has 0 saturated carbocycles. The molecule has 0 saturated heterocycles. The molecule has 1 amide bonds. The fraction of sp³-hybridized carbons (Fsp3) is 0.190. The molecule has 0 aliphatic carbocycles. The van der Waals surface area contributed by atoms with Gasteiger partial charge in [-0.15, -0.1) is 0 Å². The van der Waals surface area contributed by atoms with E-state index in [9.17, 15) is 18.4 Å². The highest BCUT2D eigenvalue weighted by atomic mass is 19.3. The number of carbonyl (C=O) groups excluding carboxylic acids is 1. The first kappa shape index (κ1) is 20.2. The van der Waals surface area contributed by atoms with E-state index >= 15 is 0 Å². The summed E-state index contributed by atoms with van der Waals surface area (Å²) in [5.41, 5.74) is 1.37. The van der Waals surface area contributed by atoms with Crippen LogP contribution in [0.1, 0.15) is 21.7 Å². The van der Waals surface area contributed by atoms with Gasteiger partial charge in [0, 0.05) is 25.4 Å². The lowest BCUT2D eigenvalue weighted by Gasteiger charge is -2.18. The molecular formula is C21H19F2N3O3. The van der Waals surface area contributed by atoms with Gasteiger partial charge in [0.25, 0.3) is 5.91 Å². The lowest BCUT2D eigenvalue weighted by Crippen LogP contribution is -2.33. The third-order valence-corrected chi connectivity index (χ3v) is 4.23. The molecule has 0 radical (unpaired) electrons. The van der Waals surface area contributed by atoms with Gasteiger partial charge in [0.2, 0.25) is 5.43 Å². The fourth-order valence-electron chi connectivity index (χ4n) is 2.83. The Bertz CT molecular complexity index is 1050. The summed E-state index contributed by atoms with van der Waals surface area (Å²) >= 11 is 0. The molecule has 1 aromatic heterocycles. The van der Waals surface area contributed by atoms with Gasteiger partial charge in [0.05, 0.1) is 5.69 Å². The second-order valence-corrected chi connectivity index (χ2v) is 6.43. The van der Waals surface area contributed by atoms with Crippen molar-refractivity contribution in [2.75, 3.05) is 7.05 Å². The van der Waals surface area contributed by atoms with E-state index in [4.69, 9.17) is 0 Å². The van der Waals surface area contributed by atoms with Gasteiger partial charge in [-0.1, -0.05) is 30.3 Å². The Labute approximate surface area is 166 Å². The third kappa shape index (κ3) is 4.84. The summed E-state index contributed by atoms with van der Waals surface area (Å²) in [5.74, 6) is -0.503. The summed E-state index contributed by atoms with van der Waals surface area (Å²) in [6.45, 7) is -0.985. The average molecular weight is 399 g/mol. The van der Waals surface area contributed by atoms with Crippen LogP contribution in [0, 0.1) is 6.92 Å². The number of aromatic nitrogens is 2. The summed E-state index contributed by atoms with van der Waals surface area (Å²) in [7, 11) is 1.54. The van der Waals surface area contributed by atoms with Crippen molar-refractivity contribution in [1.82, 2.24) is 14.7 Å². The Hall–Kier alpha value is -3.55. The average Bonchev–Trinajstić information content (AvgIpc) is 2.69. The van der Waals surface area contributed by atoms with E-state index in [1.807, 2.05) is 30.3 Å². The van der Waals surface area contributed by atoms with Crippen LogP contribution in [0.3, 0.4) is 0 Å². The van der Waals surface area contributed by atoms with E-state index in [-0.39, 0.29) is 18.0 Å². The van der Waals surface area contributed by atoms with Crippen LogP contribution < -0.4 is 10.2 Å². The van der Waals surface area contributed by atoms with Crippen molar-refractivity contribution in [3.63, 3.8) is 0 Å². The molecule has 150 valence electrons. The predicted molar refractivity (Wildman–Crippen MR) is 103 cm³/mol. The summed E-state index contributed by atoms with van der Waals surface area (Å²) in [6, 6.07) is 16.5. The molecule has 0 aliphatic rings. The number of hydrogen-bond acceptors (Lipinski definition) is 4. The van der Waals surface area contributed by atoms with Crippen LogP contribution in [0.5, 0.6) is 5.75 Å². The minimum atomic E-state index is -2.90. The van der Waals surface area contributed by atoms with Gasteiger partial charge in [-0.05, 0) is 36.8 Å². The zero-order valence-electron chi connectivity index (χ0n) is 15.9. The quantitative estimate of drug-likeness (QED) is 0.637. The van der Waals surface area contributed by atoms with E-state index in [2.05, 4.69) is 9.84 Å². The van der Waals surface area contributed by atoms with Gasteiger partial charge in [-0.3, -0.25) is 9.59 Å².